The molecule has 1 N–H and O–H groups in total. The average molecular weight is 359 g/mol. The van der Waals surface area contributed by atoms with E-state index < -0.39 is 16.8 Å². The Bertz CT molecular complexity index is 928. The lowest BCUT2D eigenvalue weighted by molar-refractivity contribution is -0.384. The van der Waals surface area contributed by atoms with E-state index in [0.29, 0.717) is 0 Å². The molecule has 3 rings (SSSR count). The summed E-state index contributed by atoms with van der Waals surface area (Å²) in [7, 11) is 0. The highest BCUT2D eigenvalue weighted by Crippen LogP contribution is 2.30. The van der Waals surface area contributed by atoms with Gasteiger partial charge in [0, 0.05) is 18.2 Å². The minimum Gasteiger partial charge on any atom is -0.457 e. The normalized spacial score (nSPS) is 10.2. The highest BCUT2D eigenvalue weighted by molar-refractivity contribution is 5.86. The molecule has 0 bridgehead atoms. The van der Waals surface area contributed by atoms with E-state index in [1.807, 2.05) is 0 Å². The number of nitrogens with zero attached hydrogens (tertiary/aromatic N) is 2. The van der Waals surface area contributed by atoms with E-state index in [1.165, 1.54) is 42.6 Å². The Morgan fingerprint density at radius 3 is 2.58 bits per heavy atom. The second-order valence-electron chi connectivity index (χ2n) is 4.87. The molecule has 0 saturated carbocycles. The Hall–Kier alpha value is -3.95. The van der Waals surface area contributed by atoms with E-state index in [0.717, 1.165) is 12.1 Å². The maximum atomic E-state index is 12.9. The van der Waals surface area contributed by atoms with Gasteiger partial charge in [-0.3, -0.25) is 15.4 Å². The molecule has 1 heterocycles. The molecule has 132 valence electrons. The van der Waals surface area contributed by atoms with Gasteiger partial charge in [-0.2, -0.15) is 0 Å². The lowest BCUT2D eigenvalue weighted by atomic mass is 10.2. The molecule has 0 aliphatic carbocycles. The zero-order valence-corrected chi connectivity index (χ0v) is 12.9. The molecule has 0 atom stereocenters. The van der Waals surface area contributed by atoms with Crippen LogP contribution in [0.2, 0.25) is 0 Å². The SMILES string of the molecule is O=C(Nc1cc(Oc2ccc(F)cc2)cc([N+](=O)[O-])c1)Oc1ccno1. The van der Waals surface area contributed by atoms with Gasteiger partial charge in [0.15, 0.2) is 0 Å². The monoisotopic (exact) mass is 359 g/mol. The molecule has 0 spiro atoms. The van der Waals surface area contributed by atoms with Crippen molar-refractivity contribution in [3.63, 3.8) is 0 Å². The molecule has 0 aliphatic heterocycles. The van der Waals surface area contributed by atoms with Gasteiger partial charge in [-0.05, 0) is 24.3 Å². The number of aromatic nitrogens is 1. The lowest BCUT2D eigenvalue weighted by Crippen LogP contribution is -2.16. The molecule has 0 fully saturated rings. The van der Waals surface area contributed by atoms with Crippen LogP contribution in [0.1, 0.15) is 0 Å². The Morgan fingerprint density at radius 1 is 1.15 bits per heavy atom. The van der Waals surface area contributed by atoms with E-state index in [2.05, 4.69) is 15.0 Å². The lowest BCUT2D eigenvalue weighted by Gasteiger charge is -2.09. The van der Waals surface area contributed by atoms with Crippen molar-refractivity contribution in [2.75, 3.05) is 5.32 Å². The fourth-order valence-corrected chi connectivity index (χ4v) is 1.95. The summed E-state index contributed by atoms with van der Waals surface area (Å²) in [6, 6.07) is 10.0. The van der Waals surface area contributed by atoms with Crippen molar-refractivity contribution in [3.8, 4) is 17.4 Å². The molecule has 2 aromatic carbocycles. The van der Waals surface area contributed by atoms with Crippen molar-refractivity contribution >= 4 is 17.5 Å². The summed E-state index contributed by atoms with van der Waals surface area (Å²) in [6.07, 6.45) is 0.347. The van der Waals surface area contributed by atoms with Crippen LogP contribution in [0.25, 0.3) is 0 Å². The molecule has 10 heteroatoms. The number of carbonyl (C=O) groups excluding carboxylic acids is 1. The maximum Gasteiger partial charge on any atom is 0.419 e. The number of hydrogen-bond donors (Lipinski definition) is 1. The molecule has 26 heavy (non-hydrogen) atoms. The predicted molar refractivity (Wildman–Crippen MR) is 85.7 cm³/mol. The van der Waals surface area contributed by atoms with E-state index in [-0.39, 0.29) is 28.8 Å². The van der Waals surface area contributed by atoms with Gasteiger partial charge in [-0.15, -0.1) is 0 Å². The number of halogens is 1. The highest BCUT2D eigenvalue weighted by Gasteiger charge is 2.15. The number of hydrogen-bond acceptors (Lipinski definition) is 7. The van der Waals surface area contributed by atoms with Crippen LogP contribution in [0.5, 0.6) is 17.4 Å². The summed E-state index contributed by atoms with van der Waals surface area (Å²) >= 11 is 0. The number of carbonyl (C=O) groups is 1. The van der Waals surface area contributed by atoms with Crippen molar-refractivity contribution in [1.29, 1.82) is 0 Å². The van der Waals surface area contributed by atoms with Crippen LogP contribution in [-0.2, 0) is 0 Å². The molecule has 1 aromatic heterocycles. The van der Waals surface area contributed by atoms with Gasteiger partial charge in [-0.25, -0.2) is 9.18 Å². The molecule has 0 saturated heterocycles. The van der Waals surface area contributed by atoms with Crippen molar-refractivity contribution in [2.24, 2.45) is 0 Å². The number of nitrogens with one attached hydrogen (secondary N) is 1. The molecule has 0 radical (unpaired) electrons. The summed E-state index contributed by atoms with van der Waals surface area (Å²) < 4.78 is 27.8. The van der Waals surface area contributed by atoms with Crippen LogP contribution in [-0.4, -0.2) is 16.2 Å². The summed E-state index contributed by atoms with van der Waals surface area (Å²) in [5, 5.41) is 16.8. The number of nitro groups is 1. The van der Waals surface area contributed by atoms with Gasteiger partial charge in [0.1, 0.15) is 17.3 Å². The third-order valence-electron chi connectivity index (χ3n) is 3.01. The molecule has 0 aliphatic rings. The molecule has 3 aromatic rings. The number of benzene rings is 2. The first-order valence-corrected chi connectivity index (χ1v) is 7.12. The Balaban J connectivity index is 1.80. The first-order valence-electron chi connectivity index (χ1n) is 7.12. The van der Waals surface area contributed by atoms with Crippen LogP contribution < -0.4 is 14.8 Å². The summed E-state index contributed by atoms with van der Waals surface area (Å²) in [5.74, 6) is -0.257. The van der Waals surface area contributed by atoms with Crippen LogP contribution in [0, 0.1) is 15.9 Å². The first kappa shape index (κ1) is 16.9. The minimum atomic E-state index is -0.935. The second-order valence-corrected chi connectivity index (χ2v) is 4.87. The fraction of sp³-hybridized carbons (Fsp3) is 0. The largest absolute Gasteiger partial charge is 0.457 e. The van der Waals surface area contributed by atoms with E-state index in [9.17, 15) is 19.3 Å². The van der Waals surface area contributed by atoms with Crippen molar-refractivity contribution < 1.29 is 28.1 Å². The van der Waals surface area contributed by atoms with Crippen molar-refractivity contribution in [1.82, 2.24) is 5.16 Å². The van der Waals surface area contributed by atoms with Crippen molar-refractivity contribution in [3.05, 3.63) is 70.7 Å². The summed E-state index contributed by atoms with van der Waals surface area (Å²) in [6.45, 7) is 0. The van der Waals surface area contributed by atoms with Gasteiger partial charge in [0.25, 0.3) is 5.69 Å². The number of anilines is 1. The highest BCUT2D eigenvalue weighted by atomic mass is 19.1. The number of non-ortho nitro benzene ring substituents is 1. The third kappa shape index (κ3) is 4.32. The first-order chi connectivity index (χ1) is 12.5. The van der Waals surface area contributed by atoms with Gasteiger partial charge < -0.3 is 14.0 Å². The number of nitro benzene ring substituents is 1. The van der Waals surface area contributed by atoms with E-state index in [1.54, 1.807) is 0 Å². The smallest absolute Gasteiger partial charge is 0.419 e. The average Bonchev–Trinajstić information content (AvgIpc) is 3.09. The fourth-order valence-electron chi connectivity index (χ4n) is 1.95. The topological polar surface area (TPSA) is 117 Å². The molecular formula is C16H10FN3O6. The maximum absolute atomic E-state index is 12.9. The van der Waals surface area contributed by atoms with Crippen LogP contribution in [0.15, 0.2) is 59.3 Å². The Morgan fingerprint density at radius 2 is 1.92 bits per heavy atom. The van der Waals surface area contributed by atoms with Crippen LogP contribution >= 0.6 is 0 Å². The standard InChI is InChI=1S/C16H10FN3O6/c17-10-1-3-13(4-2-10)24-14-8-11(7-12(9-14)20(22)23)19-16(21)25-15-5-6-18-26-15/h1-9H,(H,19,21). The van der Waals surface area contributed by atoms with Crippen LogP contribution in [0.4, 0.5) is 20.6 Å². The van der Waals surface area contributed by atoms with Crippen molar-refractivity contribution in [2.45, 2.75) is 0 Å². The van der Waals surface area contributed by atoms with Gasteiger partial charge in [0.05, 0.1) is 22.9 Å². The Labute approximate surface area is 145 Å². The molecule has 9 nitrogen and oxygen atoms in total. The van der Waals surface area contributed by atoms with Crippen LogP contribution in [0.3, 0.4) is 0 Å². The minimum absolute atomic E-state index is 0.0563. The zero-order valence-electron chi connectivity index (χ0n) is 12.9. The zero-order chi connectivity index (χ0) is 18.5. The third-order valence-corrected chi connectivity index (χ3v) is 3.01. The number of rotatable bonds is 5. The number of ether oxygens (including phenoxy) is 2. The summed E-state index contributed by atoms with van der Waals surface area (Å²) in [4.78, 5) is 22.2. The van der Waals surface area contributed by atoms with E-state index >= 15 is 0 Å². The second kappa shape index (κ2) is 7.30. The molecule has 0 unspecified atom stereocenters. The predicted octanol–water partition coefficient (Wildman–Crippen LogP) is 4.13. The number of amides is 1. The molecular weight excluding hydrogens is 349 g/mol. The quantitative estimate of drug-likeness (QED) is 0.538. The van der Waals surface area contributed by atoms with Gasteiger partial charge in [0.2, 0.25) is 0 Å². The van der Waals surface area contributed by atoms with E-state index in [4.69, 9.17) is 9.47 Å². The molecule has 1 amide bonds. The van der Waals surface area contributed by atoms with Gasteiger partial charge >= 0.3 is 12.0 Å². The Kier molecular flexibility index (Phi) is 4.74. The summed E-state index contributed by atoms with van der Waals surface area (Å²) in [5.41, 5.74) is -0.264. The van der Waals surface area contributed by atoms with Gasteiger partial charge in [-0.1, -0.05) is 5.16 Å².